The fraction of sp³-hybridized carbons (Fsp3) is 0.625. The number of rotatable bonds is 4. The predicted octanol–water partition coefficient (Wildman–Crippen LogP) is 2.41. The van der Waals surface area contributed by atoms with E-state index in [0.717, 1.165) is 19.5 Å². The van der Waals surface area contributed by atoms with Crippen molar-refractivity contribution in [2.45, 2.75) is 46.6 Å². The maximum atomic E-state index is 3.66. The predicted molar refractivity (Wildman–Crippen MR) is 78.4 cm³/mol. The SMILES string of the molecule is Cc1cc(C)c(C)c(CCNC2CCNC2)c1C. The molecule has 1 atom stereocenters. The Morgan fingerprint density at radius 3 is 2.39 bits per heavy atom. The average molecular weight is 246 g/mol. The van der Waals surface area contributed by atoms with E-state index in [-0.39, 0.29) is 0 Å². The number of nitrogens with one attached hydrogen (secondary N) is 2. The Morgan fingerprint density at radius 1 is 1.17 bits per heavy atom. The zero-order chi connectivity index (χ0) is 13.1. The summed E-state index contributed by atoms with van der Waals surface area (Å²) in [4.78, 5) is 0. The molecule has 2 N–H and O–H groups in total. The van der Waals surface area contributed by atoms with Crippen LogP contribution in [0.25, 0.3) is 0 Å². The van der Waals surface area contributed by atoms with E-state index in [0.29, 0.717) is 6.04 Å². The summed E-state index contributed by atoms with van der Waals surface area (Å²) in [7, 11) is 0. The molecule has 0 amide bonds. The summed E-state index contributed by atoms with van der Waals surface area (Å²) in [6.07, 6.45) is 2.42. The van der Waals surface area contributed by atoms with Crippen LogP contribution < -0.4 is 10.6 Å². The summed E-state index contributed by atoms with van der Waals surface area (Å²) in [5.41, 5.74) is 7.35. The zero-order valence-corrected chi connectivity index (χ0v) is 12.2. The van der Waals surface area contributed by atoms with E-state index in [2.05, 4.69) is 44.4 Å². The van der Waals surface area contributed by atoms with Crippen LogP contribution in [0.1, 0.15) is 34.2 Å². The first-order valence-corrected chi connectivity index (χ1v) is 7.10. The highest BCUT2D eigenvalue weighted by Crippen LogP contribution is 2.21. The van der Waals surface area contributed by atoms with E-state index in [4.69, 9.17) is 0 Å². The van der Waals surface area contributed by atoms with Gasteiger partial charge in [0, 0.05) is 12.6 Å². The molecule has 0 aromatic heterocycles. The van der Waals surface area contributed by atoms with E-state index in [1.165, 1.54) is 35.2 Å². The lowest BCUT2D eigenvalue weighted by molar-refractivity contribution is 0.549. The van der Waals surface area contributed by atoms with Crippen molar-refractivity contribution in [2.24, 2.45) is 0 Å². The molecule has 1 unspecified atom stereocenters. The van der Waals surface area contributed by atoms with Crippen LogP contribution >= 0.6 is 0 Å². The van der Waals surface area contributed by atoms with Crippen molar-refractivity contribution in [3.05, 3.63) is 33.9 Å². The molecule has 0 radical (unpaired) electrons. The summed E-state index contributed by atoms with van der Waals surface area (Å²) in [6.45, 7) is 12.3. The Hall–Kier alpha value is -0.860. The van der Waals surface area contributed by atoms with E-state index in [9.17, 15) is 0 Å². The van der Waals surface area contributed by atoms with Gasteiger partial charge in [-0.15, -0.1) is 0 Å². The van der Waals surface area contributed by atoms with Gasteiger partial charge in [-0.1, -0.05) is 6.07 Å². The molecule has 0 bridgehead atoms. The molecule has 1 saturated heterocycles. The van der Waals surface area contributed by atoms with Gasteiger partial charge in [0.15, 0.2) is 0 Å². The molecule has 2 rings (SSSR count). The van der Waals surface area contributed by atoms with Gasteiger partial charge < -0.3 is 10.6 Å². The fourth-order valence-electron chi connectivity index (χ4n) is 2.90. The summed E-state index contributed by atoms with van der Waals surface area (Å²) >= 11 is 0. The quantitative estimate of drug-likeness (QED) is 0.852. The molecule has 1 fully saturated rings. The normalized spacial score (nSPS) is 19.4. The van der Waals surface area contributed by atoms with Crippen molar-refractivity contribution in [1.82, 2.24) is 10.6 Å². The number of hydrogen-bond acceptors (Lipinski definition) is 2. The Labute approximate surface area is 111 Å². The molecule has 1 aromatic rings. The van der Waals surface area contributed by atoms with Crippen molar-refractivity contribution in [3.63, 3.8) is 0 Å². The number of hydrogen-bond donors (Lipinski definition) is 2. The van der Waals surface area contributed by atoms with Crippen LogP contribution in [-0.4, -0.2) is 25.7 Å². The lowest BCUT2D eigenvalue weighted by Crippen LogP contribution is -2.32. The molecule has 1 aliphatic rings. The lowest BCUT2D eigenvalue weighted by atomic mass is 9.92. The van der Waals surface area contributed by atoms with Crippen LogP contribution in [-0.2, 0) is 6.42 Å². The molecule has 0 spiro atoms. The second kappa shape index (κ2) is 5.85. The molecular formula is C16H26N2. The van der Waals surface area contributed by atoms with Crippen molar-refractivity contribution in [1.29, 1.82) is 0 Å². The first-order valence-electron chi connectivity index (χ1n) is 7.10. The highest BCUT2D eigenvalue weighted by Gasteiger charge is 2.14. The van der Waals surface area contributed by atoms with Gasteiger partial charge in [-0.05, 0) is 81.4 Å². The summed E-state index contributed by atoms with van der Waals surface area (Å²) in [6, 6.07) is 2.99. The van der Waals surface area contributed by atoms with Gasteiger partial charge >= 0.3 is 0 Å². The molecule has 1 heterocycles. The molecule has 2 nitrogen and oxygen atoms in total. The van der Waals surface area contributed by atoms with Gasteiger partial charge in [-0.3, -0.25) is 0 Å². The highest BCUT2D eigenvalue weighted by molar-refractivity contribution is 5.44. The maximum absolute atomic E-state index is 3.66. The van der Waals surface area contributed by atoms with Crippen LogP contribution in [0.3, 0.4) is 0 Å². The third-order valence-electron chi connectivity index (χ3n) is 4.39. The number of aryl methyl sites for hydroxylation is 2. The van der Waals surface area contributed by atoms with Gasteiger partial charge in [-0.2, -0.15) is 0 Å². The Morgan fingerprint density at radius 2 is 1.83 bits per heavy atom. The van der Waals surface area contributed by atoms with E-state index >= 15 is 0 Å². The van der Waals surface area contributed by atoms with Gasteiger partial charge in [0.25, 0.3) is 0 Å². The van der Waals surface area contributed by atoms with E-state index < -0.39 is 0 Å². The molecule has 2 heteroatoms. The average Bonchev–Trinajstić information content (AvgIpc) is 2.84. The first-order chi connectivity index (χ1) is 8.59. The first kappa shape index (κ1) is 13.6. The molecule has 0 aliphatic carbocycles. The topological polar surface area (TPSA) is 24.1 Å². The maximum Gasteiger partial charge on any atom is 0.0204 e. The van der Waals surface area contributed by atoms with E-state index in [1.54, 1.807) is 5.56 Å². The monoisotopic (exact) mass is 246 g/mol. The Kier molecular flexibility index (Phi) is 4.41. The molecule has 1 aromatic carbocycles. The van der Waals surface area contributed by atoms with Gasteiger partial charge in [0.1, 0.15) is 0 Å². The van der Waals surface area contributed by atoms with Gasteiger partial charge in [0.2, 0.25) is 0 Å². The van der Waals surface area contributed by atoms with Crippen molar-refractivity contribution in [3.8, 4) is 0 Å². The minimum absolute atomic E-state index is 0.677. The number of benzene rings is 1. The molecule has 1 aliphatic heterocycles. The second-order valence-corrected chi connectivity index (χ2v) is 5.63. The smallest absolute Gasteiger partial charge is 0.0204 e. The molecular weight excluding hydrogens is 220 g/mol. The van der Waals surface area contributed by atoms with Gasteiger partial charge in [-0.25, -0.2) is 0 Å². The van der Waals surface area contributed by atoms with Crippen molar-refractivity contribution in [2.75, 3.05) is 19.6 Å². The molecule has 0 saturated carbocycles. The third-order valence-corrected chi connectivity index (χ3v) is 4.39. The third kappa shape index (κ3) is 2.93. The van der Waals surface area contributed by atoms with Crippen LogP contribution in [0.5, 0.6) is 0 Å². The fourth-order valence-corrected chi connectivity index (χ4v) is 2.90. The minimum atomic E-state index is 0.677. The van der Waals surface area contributed by atoms with E-state index in [1.807, 2.05) is 0 Å². The minimum Gasteiger partial charge on any atom is -0.315 e. The van der Waals surface area contributed by atoms with Crippen molar-refractivity contribution >= 4 is 0 Å². The van der Waals surface area contributed by atoms with Crippen molar-refractivity contribution < 1.29 is 0 Å². The largest absolute Gasteiger partial charge is 0.315 e. The zero-order valence-electron chi connectivity index (χ0n) is 12.2. The summed E-state index contributed by atoms with van der Waals surface area (Å²) in [5.74, 6) is 0. The van der Waals surface area contributed by atoms with Crippen LogP contribution in [0, 0.1) is 27.7 Å². The Balaban J connectivity index is 1.99. The van der Waals surface area contributed by atoms with Crippen LogP contribution in [0.4, 0.5) is 0 Å². The second-order valence-electron chi connectivity index (χ2n) is 5.63. The van der Waals surface area contributed by atoms with Crippen LogP contribution in [0.2, 0.25) is 0 Å². The summed E-state index contributed by atoms with van der Waals surface area (Å²) < 4.78 is 0. The highest BCUT2D eigenvalue weighted by atomic mass is 15.0. The molecule has 18 heavy (non-hydrogen) atoms. The lowest BCUT2D eigenvalue weighted by Gasteiger charge is -2.17. The standard InChI is InChI=1S/C16H26N2/c1-11-9-12(2)14(4)16(13(11)3)6-8-18-15-5-7-17-10-15/h9,15,17-18H,5-8,10H2,1-4H3. The Bertz CT molecular complexity index is 391. The van der Waals surface area contributed by atoms with Gasteiger partial charge in [0.05, 0.1) is 0 Å². The molecule has 100 valence electrons. The van der Waals surface area contributed by atoms with Crippen LogP contribution in [0.15, 0.2) is 6.07 Å². The summed E-state index contributed by atoms with van der Waals surface area (Å²) in [5, 5.41) is 7.06.